The number of aliphatic carboxylic acids is 1. The second-order valence-corrected chi connectivity index (χ2v) is 6.05. The highest BCUT2D eigenvalue weighted by molar-refractivity contribution is 5.87. The molecular formula is C15H26N2O4. The molecule has 1 saturated carbocycles. The van der Waals surface area contributed by atoms with E-state index in [1.54, 1.807) is 0 Å². The van der Waals surface area contributed by atoms with E-state index in [1.807, 2.05) is 6.92 Å². The largest absolute Gasteiger partial charge is 0.479 e. The Balaban J connectivity index is 1.70. The first-order valence-corrected chi connectivity index (χ1v) is 7.97. The zero-order valence-corrected chi connectivity index (χ0v) is 12.8. The smallest absolute Gasteiger partial charge is 0.329 e. The van der Waals surface area contributed by atoms with Gasteiger partial charge in [-0.05, 0) is 44.4 Å². The molecule has 1 heterocycles. The van der Waals surface area contributed by atoms with E-state index in [2.05, 4.69) is 5.32 Å². The zero-order valence-electron chi connectivity index (χ0n) is 12.8. The molecule has 6 heteroatoms. The number of carboxylic acids is 1. The fourth-order valence-corrected chi connectivity index (χ4v) is 2.92. The molecule has 6 nitrogen and oxygen atoms in total. The number of amides is 2. The number of hydrogen-bond acceptors (Lipinski definition) is 3. The number of rotatable bonds is 8. The molecule has 2 amide bonds. The molecule has 2 rings (SSSR count). The van der Waals surface area contributed by atoms with Crippen molar-refractivity contribution in [3.8, 4) is 0 Å². The molecule has 0 aromatic carbocycles. The van der Waals surface area contributed by atoms with Crippen LogP contribution in [0.2, 0.25) is 0 Å². The Kier molecular flexibility index (Phi) is 5.45. The molecule has 1 atom stereocenters. The number of carbonyl (C=O) groups is 2. The lowest BCUT2D eigenvalue weighted by Gasteiger charge is -2.33. The summed E-state index contributed by atoms with van der Waals surface area (Å²) in [4.78, 5) is 25.2. The van der Waals surface area contributed by atoms with Gasteiger partial charge in [0.15, 0.2) is 0 Å². The molecule has 21 heavy (non-hydrogen) atoms. The maximum Gasteiger partial charge on any atom is 0.329 e. The molecule has 120 valence electrons. The Labute approximate surface area is 125 Å². The molecule has 1 aliphatic heterocycles. The van der Waals surface area contributed by atoms with Crippen molar-refractivity contribution in [3.63, 3.8) is 0 Å². The zero-order chi connectivity index (χ0) is 15.3. The molecule has 2 N–H and O–H groups in total. The Morgan fingerprint density at radius 3 is 2.81 bits per heavy atom. The van der Waals surface area contributed by atoms with Gasteiger partial charge < -0.3 is 20.1 Å². The minimum atomic E-state index is -1.02. The van der Waals surface area contributed by atoms with E-state index in [1.165, 1.54) is 17.7 Å². The van der Waals surface area contributed by atoms with Crippen LogP contribution >= 0.6 is 0 Å². The van der Waals surface area contributed by atoms with E-state index < -0.39 is 11.5 Å². The SMILES string of the molecule is CCC1(C(=O)O)CCCN1C(=O)NCCCOCC1CC1. The topological polar surface area (TPSA) is 78.9 Å². The van der Waals surface area contributed by atoms with Crippen LogP contribution in [0.25, 0.3) is 0 Å². The Hall–Kier alpha value is -1.30. The highest BCUT2D eigenvalue weighted by Crippen LogP contribution is 2.32. The van der Waals surface area contributed by atoms with Crippen molar-refractivity contribution in [2.45, 2.75) is 51.0 Å². The first-order valence-electron chi connectivity index (χ1n) is 7.97. The molecule has 0 spiro atoms. The number of likely N-dealkylation sites (tertiary alicyclic amines) is 1. The van der Waals surface area contributed by atoms with Crippen LogP contribution in [-0.4, -0.2) is 53.8 Å². The highest BCUT2D eigenvalue weighted by Gasteiger charge is 2.48. The second kappa shape index (κ2) is 7.11. The molecule has 0 bridgehead atoms. The number of nitrogens with zero attached hydrogens (tertiary/aromatic N) is 1. The van der Waals surface area contributed by atoms with Crippen molar-refractivity contribution in [3.05, 3.63) is 0 Å². The third-order valence-corrected chi connectivity index (χ3v) is 4.51. The van der Waals surface area contributed by atoms with Gasteiger partial charge in [-0.1, -0.05) is 6.92 Å². The van der Waals surface area contributed by atoms with Gasteiger partial charge in [0.1, 0.15) is 5.54 Å². The molecular weight excluding hydrogens is 272 g/mol. The summed E-state index contributed by atoms with van der Waals surface area (Å²) >= 11 is 0. The molecule has 0 aromatic rings. The van der Waals surface area contributed by atoms with Crippen molar-refractivity contribution < 1.29 is 19.4 Å². The van der Waals surface area contributed by atoms with Crippen LogP contribution in [-0.2, 0) is 9.53 Å². The van der Waals surface area contributed by atoms with E-state index in [9.17, 15) is 14.7 Å². The van der Waals surface area contributed by atoms with E-state index in [4.69, 9.17) is 4.74 Å². The normalized spacial score (nSPS) is 25.1. The van der Waals surface area contributed by atoms with Crippen molar-refractivity contribution in [2.24, 2.45) is 5.92 Å². The molecule has 1 aliphatic carbocycles. The summed E-state index contributed by atoms with van der Waals surface area (Å²) in [6, 6.07) is -0.265. The van der Waals surface area contributed by atoms with Gasteiger partial charge in [0.05, 0.1) is 0 Å². The molecule has 2 aliphatic rings. The van der Waals surface area contributed by atoms with Crippen molar-refractivity contribution >= 4 is 12.0 Å². The highest BCUT2D eigenvalue weighted by atomic mass is 16.5. The van der Waals surface area contributed by atoms with Crippen LogP contribution in [0, 0.1) is 5.92 Å². The number of urea groups is 1. The fraction of sp³-hybridized carbons (Fsp3) is 0.867. The first kappa shape index (κ1) is 16.1. The van der Waals surface area contributed by atoms with Crippen LogP contribution in [0.3, 0.4) is 0 Å². The summed E-state index contributed by atoms with van der Waals surface area (Å²) in [6.07, 6.45) is 5.05. The standard InChI is InChI=1S/C15H26N2O4/c1-2-15(13(18)19)7-3-9-17(15)14(20)16-8-4-10-21-11-12-5-6-12/h12H,2-11H2,1H3,(H,16,20)(H,18,19). The van der Waals surface area contributed by atoms with Crippen molar-refractivity contribution in [2.75, 3.05) is 26.3 Å². The van der Waals surface area contributed by atoms with Gasteiger partial charge in [-0.25, -0.2) is 9.59 Å². The van der Waals surface area contributed by atoms with Gasteiger partial charge in [-0.15, -0.1) is 0 Å². The maximum absolute atomic E-state index is 12.2. The second-order valence-electron chi connectivity index (χ2n) is 6.05. The lowest BCUT2D eigenvalue weighted by Crippen LogP contribution is -2.55. The Bertz CT molecular complexity index is 384. The first-order chi connectivity index (χ1) is 10.1. The predicted octanol–water partition coefficient (Wildman–Crippen LogP) is 1.84. The van der Waals surface area contributed by atoms with Crippen LogP contribution in [0.1, 0.15) is 45.4 Å². The van der Waals surface area contributed by atoms with E-state index >= 15 is 0 Å². The lowest BCUT2D eigenvalue weighted by molar-refractivity contribution is -0.148. The van der Waals surface area contributed by atoms with Gasteiger partial charge in [-0.3, -0.25) is 0 Å². The van der Waals surface area contributed by atoms with E-state index in [0.717, 1.165) is 25.4 Å². The van der Waals surface area contributed by atoms with Gasteiger partial charge in [0, 0.05) is 26.3 Å². The summed E-state index contributed by atoms with van der Waals surface area (Å²) < 4.78 is 5.51. The lowest BCUT2D eigenvalue weighted by atomic mass is 9.93. The Morgan fingerprint density at radius 1 is 1.43 bits per heavy atom. The van der Waals surface area contributed by atoms with Gasteiger partial charge in [-0.2, -0.15) is 0 Å². The third kappa shape index (κ3) is 3.87. The molecule has 0 radical (unpaired) electrons. The van der Waals surface area contributed by atoms with Gasteiger partial charge in [0.2, 0.25) is 0 Å². The molecule has 2 fully saturated rings. The fourth-order valence-electron chi connectivity index (χ4n) is 2.92. The average molecular weight is 298 g/mol. The minimum Gasteiger partial charge on any atom is -0.479 e. The average Bonchev–Trinajstić information content (AvgIpc) is 3.17. The summed E-state index contributed by atoms with van der Waals surface area (Å²) in [5, 5.41) is 12.3. The van der Waals surface area contributed by atoms with Gasteiger partial charge >= 0.3 is 12.0 Å². The molecule has 0 aromatic heterocycles. The van der Waals surface area contributed by atoms with Crippen LogP contribution in [0.15, 0.2) is 0 Å². The summed E-state index contributed by atoms with van der Waals surface area (Å²) in [5.41, 5.74) is -1.02. The van der Waals surface area contributed by atoms with Gasteiger partial charge in [0.25, 0.3) is 0 Å². The number of carbonyl (C=O) groups excluding carboxylic acids is 1. The summed E-state index contributed by atoms with van der Waals surface area (Å²) in [5.74, 6) is -0.143. The molecule has 1 unspecified atom stereocenters. The number of nitrogens with one attached hydrogen (secondary N) is 1. The monoisotopic (exact) mass is 298 g/mol. The van der Waals surface area contributed by atoms with E-state index in [-0.39, 0.29) is 6.03 Å². The third-order valence-electron chi connectivity index (χ3n) is 4.51. The number of hydrogen-bond donors (Lipinski definition) is 2. The summed E-state index contributed by atoms with van der Waals surface area (Å²) in [7, 11) is 0. The minimum absolute atomic E-state index is 0.265. The molecule has 1 saturated heterocycles. The number of ether oxygens (including phenoxy) is 1. The number of carboxylic acid groups (broad SMARTS) is 1. The van der Waals surface area contributed by atoms with Crippen LogP contribution in [0.5, 0.6) is 0 Å². The Morgan fingerprint density at radius 2 is 2.19 bits per heavy atom. The van der Waals surface area contributed by atoms with Crippen molar-refractivity contribution in [1.82, 2.24) is 10.2 Å². The quantitative estimate of drug-likeness (QED) is 0.670. The van der Waals surface area contributed by atoms with Crippen LogP contribution < -0.4 is 5.32 Å². The van der Waals surface area contributed by atoms with E-state index in [0.29, 0.717) is 32.5 Å². The predicted molar refractivity (Wildman–Crippen MR) is 78.2 cm³/mol. The van der Waals surface area contributed by atoms with Crippen LogP contribution in [0.4, 0.5) is 4.79 Å². The summed E-state index contributed by atoms with van der Waals surface area (Å²) in [6.45, 7) is 4.35. The maximum atomic E-state index is 12.2. The van der Waals surface area contributed by atoms with Crippen molar-refractivity contribution in [1.29, 1.82) is 0 Å².